The standard InChI is InChI=1S/C13H12Cl2FNO3S2/c1-20-11(12-4-5-13(15)21-12)7-17-22(18,19)8-2-3-10(16)9(14)6-8/h2-6,11,17H,7H2,1H3. The van der Waals surface area contributed by atoms with Crippen LogP contribution in [0.3, 0.4) is 0 Å². The summed E-state index contributed by atoms with van der Waals surface area (Å²) in [5, 5.41) is -0.254. The van der Waals surface area contributed by atoms with E-state index in [1.165, 1.54) is 18.4 Å². The zero-order valence-corrected chi connectivity index (χ0v) is 14.5. The lowest BCUT2D eigenvalue weighted by Crippen LogP contribution is -2.29. The van der Waals surface area contributed by atoms with Gasteiger partial charge in [-0.2, -0.15) is 0 Å². The van der Waals surface area contributed by atoms with Gasteiger partial charge < -0.3 is 4.74 Å². The van der Waals surface area contributed by atoms with Crippen molar-refractivity contribution in [2.75, 3.05) is 13.7 Å². The minimum Gasteiger partial charge on any atom is -0.375 e. The minimum atomic E-state index is -3.82. The fourth-order valence-electron chi connectivity index (χ4n) is 1.71. The molecular formula is C13H12Cl2FNO3S2. The van der Waals surface area contributed by atoms with Crippen LogP contribution in [0.4, 0.5) is 4.39 Å². The second-order valence-electron chi connectivity index (χ2n) is 4.29. The number of halogens is 3. The van der Waals surface area contributed by atoms with Crippen LogP contribution in [-0.2, 0) is 14.8 Å². The summed E-state index contributed by atoms with van der Waals surface area (Å²) in [7, 11) is -2.34. The summed E-state index contributed by atoms with van der Waals surface area (Å²) >= 11 is 12.8. The quantitative estimate of drug-likeness (QED) is 0.823. The highest BCUT2D eigenvalue weighted by Crippen LogP contribution is 2.28. The molecule has 4 nitrogen and oxygen atoms in total. The molecule has 9 heteroatoms. The molecule has 0 aliphatic heterocycles. The number of hydrogen-bond donors (Lipinski definition) is 1. The number of sulfonamides is 1. The molecule has 0 saturated heterocycles. The summed E-state index contributed by atoms with van der Waals surface area (Å²) in [6.07, 6.45) is -0.469. The number of hydrogen-bond acceptors (Lipinski definition) is 4. The molecule has 0 spiro atoms. The van der Waals surface area contributed by atoms with Crippen LogP contribution in [0.15, 0.2) is 35.2 Å². The highest BCUT2D eigenvalue weighted by molar-refractivity contribution is 7.89. The van der Waals surface area contributed by atoms with Crippen LogP contribution in [0, 0.1) is 5.82 Å². The van der Waals surface area contributed by atoms with Crippen molar-refractivity contribution in [2.45, 2.75) is 11.0 Å². The van der Waals surface area contributed by atoms with E-state index in [0.717, 1.165) is 23.1 Å². The summed E-state index contributed by atoms with van der Waals surface area (Å²) in [4.78, 5) is 0.685. The van der Waals surface area contributed by atoms with E-state index >= 15 is 0 Å². The number of ether oxygens (including phenoxy) is 1. The third kappa shape index (κ3) is 4.18. The minimum absolute atomic E-state index is 0.0185. The number of thiophene rings is 1. The number of rotatable bonds is 6. The molecule has 0 bridgehead atoms. The molecule has 1 aromatic heterocycles. The maximum absolute atomic E-state index is 13.1. The average molecular weight is 384 g/mol. The molecule has 0 amide bonds. The topological polar surface area (TPSA) is 55.4 Å². The van der Waals surface area contributed by atoms with E-state index in [9.17, 15) is 12.8 Å². The molecule has 1 heterocycles. The van der Waals surface area contributed by atoms with Gasteiger partial charge in [-0.25, -0.2) is 17.5 Å². The van der Waals surface area contributed by atoms with Gasteiger partial charge >= 0.3 is 0 Å². The summed E-state index contributed by atoms with van der Waals surface area (Å²) in [5.41, 5.74) is 0. The third-order valence-electron chi connectivity index (χ3n) is 2.86. The van der Waals surface area contributed by atoms with Gasteiger partial charge in [0.15, 0.2) is 0 Å². The zero-order valence-electron chi connectivity index (χ0n) is 11.3. The number of methoxy groups -OCH3 is 1. The van der Waals surface area contributed by atoms with Gasteiger partial charge in [0, 0.05) is 18.5 Å². The molecule has 120 valence electrons. The zero-order chi connectivity index (χ0) is 16.3. The lowest BCUT2D eigenvalue weighted by molar-refractivity contribution is 0.110. The fraction of sp³-hybridized carbons (Fsp3) is 0.231. The predicted molar refractivity (Wildman–Crippen MR) is 85.7 cm³/mol. The van der Waals surface area contributed by atoms with E-state index in [2.05, 4.69) is 4.72 Å². The van der Waals surface area contributed by atoms with Gasteiger partial charge in [-0.1, -0.05) is 23.2 Å². The Hall–Kier alpha value is -0.700. The maximum atomic E-state index is 13.1. The van der Waals surface area contributed by atoms with Crippen molar-refractivity contribution in [3.63, 3.8) is 0 Å². The van der Waals surface area contributed by atoms with E-state index in [4.69, 9.17) is 27.9 Å². The Morgan fingerprint density at radius 2 is 2.05 bits per heavy atom. The van der Waals surface area contributed by atoms with Gasteiger partial charge in [-0.05, 0) is 30.3 Å². The molecule has 1 atom stereocenters. The van der Waals surface area contributed by atoms with Crippen molar-refractivity contribution >= 4 is 44.6 Å². The molecule has 0 fully saturated rings. The summed E-state index contributed by atoms with van der Waals surface area (Å²) in [6.45, 7) is 0.0185. The van der Waals surface area contributed by atoms with Crippen LogP contribution < -0.4 is 4.72 Å². The summed E-state index contributed by atoms with van der Waals surface area (Å²) < 4.78 is 45.7. The van der Waals surface area contributed by atoms with Crippen molar-refractivity contribution in [3.8, 4) is 0 Å². The lowest BCUT2D eigenvalue weighted by Gasteiger charge is -2.15. The van der Waals surface area contributed by atoms with Crippen LogP contribution in [0.5, 0.6) is 0 Å². The smallest absolute Gasteiger partial charge is 0.240 e. The first-order valence-electron chi connectivity index (χ1n) is 6.06. The first-order chi connectivity index (χ1) is 10.3. The first-order valence-corrected chi connectivity index (χ1v) is 9.12. The monoisotopic (exact) mass is 383 g/mol. The molecule has 0 radical (unpaired) electrons. The molecule has 2 rings (SSSR count). The van der Waals surface area contributed by atoms with Crippen LogP contribution in [0.2, 0.25) is 9.36 Å². The van der Waals surface area contributed by atoms with E-state index < -0.39 is 21.9 Å². The van der Waals surface area contributed by atoms with Crippen molar-refractivity contribution < 1.29 is 17.5 Å². The Morgan fingerprint density at radius 3 is 2.59 bits per heavy atom. The van der Waals surface area contributed by atoms with Crippen molar-refractivity contribution in [1.29, 1.82) is 0 Å². The van der Waals surface area contributed by atoms with Crippen molar-refractivity contribution in [3.05, 3.63) is 50.4 Å². The van der Waals surface area contributed by atoms with Gasteiger partial charge in [-0.15, -0.1) is 11.3 Å². The van der Waals surface area contributed by atoms with Crippen LogP contribution in [0.1, 0.15) is 11.0 Å². The van der Waals surface area contributed by atoms with E-state index in [0.29, 0.717) is 4.34 Å². The van der Waals surface area contributed by atoms with Gasteiger partial charge in [-0.3, -0.25) is 0 Å². The Balaban J connectivity index is 2.12. The second-order valence-corrected chi connectivity index (χ2v) is 8.21. The third-order valence-corrected chi connectivity index (χ3v) is 5.89. The van der Waals surface area contributed by atoms with Crippen LogP contribution >= 0.6 is 34.5 Å². The number of benzene rings is 1. The van der Waals surface area contributed by atoms with Crippen LogP contribution in [0.25, 0.3) is 0 Å². The highest BCUT2D eigenvalue weighted by atomic mass is 35.5. The van der Waals surface area contributed by atoms with Gasteiger partial charge in [0.25, 0.3) is 0 Å². The molecular weight excluding hydrogens is 372 g/mol. The molecule has 1 unspecified atom stereocenters. The Labute approximate surface area is 141 Å². The van der Waals surface area contributed by atoms with E-state index in [1.54, 1.807) is 12.1 Å². The lowest BCUT2D eigenvalue weighted by atomic mass is 10.3. The molecule has 1 aromatic carbocycles. The fourth-order valence-corrected chi connectivity index (χ4v) is 4.16. The average Bonchev–Trinajstić information content (AvgIpc) is 2.89. The Kier molecular flexibility index (Phi) is 5.81. The van der Waals surface area contributed by atoms with Crippen molar-refractivity contribution in [2.24, 2.45) is 0 Å². The van der Waals surface area contributed by atoms with Gasteiger partial charge in [0.05, 0.1) is 14.3 Å². The molecule has 22 heavy (non-hydrogen) atoms. The summed E-state index contributed by atoms with van der Waals surface area (Å²) in [5.74, 6) is -0.677. The summed E-state index contributed by atoms with van der Waals surface area (Å²) in [6, 6.07) is 6.69. The van der Waals surface area contributed by atoms with Gasteiger partial charge in [0.2, 0.25) is 10.0 Å². The molecule has 0 saturated carbocycles. The largest absolute Gasteiger partial charge is 0.375 e. The van der Waals surface area contributed by atoms with Crippen LogP contribution in [-0.4, -0.2) is 22.1 Å². The molecule has 2 aromatic rings. The molecule has 0 aliphatic carbocycles. The normalized spacial score (nSPS) is 13.3. The van der Waals surface area contributed by atoms with Crippen molar-refractivity contribution in [1.82, 2.24) is 4.72 Å². The molecule has 1 N–H and O–H groups in total. The molecule has 0 aliphatic rings. The predicted octanol–water partition coefficient (Wildman–Crippen LogP) is 3.86. The SMILES string of the molecule is COC(CNS(=O)(=O)c1ccc(F)c(Cl)c1)c1ccc(Cl)s1. The second kappa shape index (κ2) is 7.25. The number of nitrogens with one attached hydrogen (secondary N) is 1. The first kappa shape index (κ1) is 17.7. The maximum Gasteiger partial charge on any atom is 0.240 e. The van der Waals surface area contributed by atoms with E-state index in [-0.39, 0.29) is 16.5 Å². The van der Waals surface area contributed by atoms with Gasteiger partial charge in [0.1, 0.15) is 11.9 Å². The Bertz CT molecular complexity index is 764. The Morgan fingerprint density at radius 1 is 1.32 bits per heavy atom. The highest BCUT2D eigenvalue weighted by Gasteiger charge is 2.20. The van der Waals surface area contributed by atoms with E-state index in [1.807, 2.05) is 0 Å².